The fourth-order valence-corrected chi connectivity index (χ4v) is 1.09. The second-order valence-corrected chi connectivity index (χ2v) is 3.14. The summed E-state index contributed by atoms with van der Waals surface area (Å²) in [6.45, 7) is 1.58. The topological polar surface area (TPSA) is 58.9 Å². The van der Waals surface area contributed by atoms with Crippen LogP contribution in [0.2, 0.25) is 0 Å². The standard InChI is InChI=1S/C9H16N4O/c1-10-4-3-5-11-9(14)8-6-13(2)7-12-8/h6-7,10H,3-5H2,1-2H3,(H,11,14). The third kappa shape index (κ3) is 3.18. The third-order valence-electron chi connectivity index (χ3n) is 1.83. The van der Waals surface area contributed by atoms with Gasteiger partial charge in [0.1, 0.15) is 5.69 Å². The van der Waals surface area contributed by atoms with Gasteiger partial charge in [-0.05, 0) is 20.0 Å². The Morgan fingerprint density at radius 1 is 1.57 bits per heavy atom. The first-order valence-corrected chi connectivity index (χ1v) is 4.65. The van der Waals surface area contributed by atoms with Gasteiger partial charge in [-0.3, -0.25) is 4.79 Å². The first-order chi connectivity index (χ1) is 6.74. The number of hydrogen-bond acceptors (Lipinski definition) is 3. The smallest absolute Gasteiger partial charge is 0.271 e. The largest absolute Gasteiger partial charge is 0.351 e. The maximum Gasteiger partial charge on any atom is 0.271 e. The van der Waals surface area contributed by atoms with Gasteiger partial charge in [0, 0.05) is 19.8 Å². The molecule has 0 fully saturated rings. The Balaban J connectivity index is 2.29. The zero-order valence-corrected chi connectivity index (χ0v) is 8.58. The van der Waals surface area contributed by atoms with Crippen molar-refractivity contribution >= 4 is 5.91 Å². The predicted molar refractivity (Wildman–Crippen MR) is 54.1 cm³/mol. The van der Waals surface area contributed by atoms with Crippen molar-refractivity contribution in [2.75, 3.05) is 20.1 Å². The summed E-state index contributed by atoms with van der Waals surface area (Å²) in [5.74, 6) is -0.110. The van der Waals surface area contributed by atoms with E-state index in [0.717, 1.165) is 13.0 Å². The minimum Gasteiger partial charge on any atom is -0.351 e. The van der Waals surface area contributed by atoms with E-state index in [1.54, 1.807) is 17.1 Å². The summed E-state index contributed by atoms with van der Waals surface area (Å²) in [6, 6.07) is 0. The fourth-order valence-electron chi connectivity index (χ4n) is 1.09. The summed E-state index contributed by atoms with van der Waals surface area (Å²) < 4.78 is 1.75. The predicted octanol–water partition coefficient (Wildman–Crippen LogP) is -0.241. The van der Waals surface area contributed by atoms with Crippen molar-refractivity contribution in [2.24, 2.45) is 7.05 Å². The van der Waals surface area contributed by atoms with Gasteiger partial charge in [-0.25, -0.2) is 4.98 Å². The Hall–Kier alpha value is -1.36. The highest BCUT2D eigenvalue weighted by Crippen LogP contribution is 1.93. The average Bonchev–Trinajstić information content (AvgIpc) is 2.59. The van der Waals surface area contributed by atoms with Gasteiger partial charge in [-0.2, -0.15) is 0 Å². The van der Waals surface area contributed by atoms with Crippen LogP contribution in [0.25, 0.3) is 0 Å². The molecule has 0 spiro atoms. The van der Waals surface area contributed by atoms with Crippen molar-refractivity contribution in [3.8, 4) is 0 Å². The summed E-state index contributed by atoms with van der Waals surface area (Å²) in [5.41, 5.74) is 0.469. The first kappa shape index (κ1) is 10.7. The zero-order valence-electron chi connectivity index (χ0n) is 8.58. The minimum absolute atomic E-state index is 0.110. The van der Waals surface area contributed by atoms with E-state index < -0.39 is 0 Å². The molecule has 0 unspecified atom stereocenters. The van der Waals surface area contributed by atoms with E-state index in [-0.39, 0.29) is 5.91 Å². The molecule has 0 saturated heterocycles. The third-order valence-corrected chi connectivity index (χ3v) is 1.83. The van der Waals surface area contributed by atoms with Crippen LogP contribution in [0.1, 0.15) is 16.9 Å². The Morgan fingerprint density at radius 3 is 2.93 bits per heavy atom. The molecule has 0 bridgehead atoms. The summed E-state index contributed by atoms with van der Waals surface area (Å²) >= 11 is 0. The molecule has 5 nitrogen and oxygen atoms in total. The molecule has 0 aliphatic carbocycles. The number of hydrogen-bond donors (Lipinski definition) is 2. The minimum atomic E-state index is -0.110. The van der Waals surface area contributed by atoms with Crippen LogP contribution in [0.4, 0.5) is 0 Å². The highest BCUT2D eigenvalue weighted by molar-refractivity contribution is 5.91. The lowest BCUT2D eigenvalue weighted by atomic mass is 10.4. The van der Waals surface area contributed by atoms with Gasteiger partial charge in [0.05, 0.1) is 6.33 Å². The number of aromatic nitrogens is 2. The van der Waals surface area contributed by atoms with Crippen molar-refractivity contribution in [1.29, 1.82) is 0 Å². The molecular weight excluding hydrogens is 180 g/mol. The van der Waals surface area contributed by atoms with E-state index in [2.05, 4.69) is 15.6 Å². The molecule has 0 aliphatic heterocycles. The SMILES string of the molecule is CNCCCNC(=O)c1cn(C)cn1. The molecule has 0 aromatic carbocycles. The van der Waals surface area contributed by atoms with Crippen LogP contribution in [0.3, 0.4) is 0 Å². The van der Waals surface area contributed by atoms with E-state index in [1.165, 1.54) is 0 Å². The number of aryl methyl sites for hydroxylation is 1. The van der Waals surface area contributed by atoms with E-state index in [9.17, 15) is 4.79 Å². The zero-order chi connectivity index (χ0) is 10.4. The van der Waals surface area contributed by atoms with Gasteiger partial charge in [0.2, 0.25) is 0 Å². The Labute approximate surface area is 83.5 Å². The van der Waals surface area contributed by atoms with Crippen molar-refractivity contribution in [1.82, 2.24) is 20.2 Å². The lowest BCUT2D eigenvalue weighted by Crippen LogP contribution is -2.26. The Morgan fingerprint density at radius 2 is 2.36 bits per heavy atom. The van der Waals surface area contributed by atoms with Gasteiger partial charge in [0.25, 0.3) is 5.91 Å². The van der Waals surface area contributed by atoms with Gasteiger partial charge in [0.15, 0.2) is 0 Å². The van der Waals surface area contributed by atoms with Crippen LogP contribution in [0.5, 0.6) is 0 Å². The molecule has 1 aromatic heterocycles. The van der Waals surface area contributed by atoms with Crippen LogP contribution < -0.4 is 10.6 Å². The van der Waals surface area contributed by atoms with Crippen LogP contribution in [-0.4, -0.2) is 35.6 Å². The Bertz CT molecular complexity index is 295. The molecule has 2 N–H and O–H groups in total. The van der Waals surface area contributed by atoms with Crippen molar-refractivity contribution < 1.29 is 4.79 Å². The van der Waals surface area contributed by atoms with Crippen molar-refractivity contribution in [3.63, 3.8) is 0 Å². The quantitative estimate of drug-likeness (QED) is 0.639. The molecule has 1 aromatic rings. The number of amides is 1. The molecule has 14 heavy (non-hydrogen) atoms. The molecule has 1 amide bonds. The molecule has 1 rings (SSSR count). The highest BCUT2D eigenvalue weighted by Gasteiger charge is 2.06. The monoisotopic (exact) mass is 196 g/mol. The van der Waals surface area contributed by atoms with Gasteiger partial charge >= 0.3 is 0 Å². The summed E-state index contributed by atoms with van der Waals surface area (Å²) in [7, 11) is 3.73. The summed E-state index contributed by atoms with van der Waals surface area (Å²) in [5, 5.41) is 5.81. The van der Waals surface area contributed by atoms with E-state index in [4.69, 9.17) is 0 Å². The highest BCUT2D eigenvalue weighted by atomic mass is 16.1. The van der Waals surface area contributed by atoms with Gasteiger partial charge < -0.3 is 15.2 Å². The maximum atomic E-state index is 11.4. The molecule has 0 saturated carbocycles. The number of nitrogens with zero attached hydrogens (tertiary/aromatic N) is 2. The molecule has 0 radical (unpaired) electrons. The number of carbonyl (C=O) groups excluding carboxylic acids is 1. The summed E-state index contributed by atoms with van der Waals surface area (Å²) in [4.78, 5) is 15.4. The molecule has 1 heterocycles. The molecule has 0 aliphatic rings. The fraction of sp³-hybridized carbons (Fsp3) is 0.556. The molecule has 0 atom stereocenters. The lowest BCUT2D eigenvalue weighted by Gasteiger charge is -2.01. The second kappa shape index (κ2) is 5.39. The lowest BCUT2D eigenvalue weighted by molar-refractivity contribution is 0.0948. The number of carbonyl (C=O) groups is 1. The second-order valence-electron chi connectivity index (χ2n) is 3.14. The van der Waals surface area contributed by atoms with Crippen LogP contribution in [0.15, 0.2) is 12.5 Å². The van der Waals surface area contributed by atoms with E-state index in [1.807, 2.05) is 14.1 Å². The van der Waals surface area contributed by atoms with Gasteiger partial charge in [-0.1, -0.05) is 0 Å². The summed E-state index contributed by atoms with van der Waals surface area (Å²) in [6.07, 6.45) is 4.24. The number of nitrogens with one attached hydrogen (secondary N) is 2. The van der Waals surface area contributed by atoms with Crippen molar-refractivity contribution in [3.05, 3.63) is 18.2 Å². The van der Waals surface area contributed by atoms with E-state index in [0.29, 0.717) is 12.2 Å². The van der Waals surface area contributed by atoms with Crippen LogP contribution >= 0.6 is 0 Å². The maximum absolute atomic E-state index is 11.4. The number of imidazole rings is 1. The van der Waals surface area contributed by atoms with Crippen LogP contribution in [-0.2, 0) is 7.05 Å². The Kier molecular flexibility index (Phi) is 4.12. The molecule has 78 valence electrons. The first-order valence-electron chi connectivity index (χ1n) is 4.65. The van der Waals surface area contributed by atoms with Crippen LogP contribution in [0, 0.1) is 0 Å². The molecular formula is C9H16N4O. The van der Waals surface area contributed by atoms with Crippen molar-refractivity contribution in [2.45, 2.75) is 6.42 Å². The van der Waals surface area contributed by atoms with E-state index >= 15 is 0 Å². The molecule has 5 heteroatoms. The normalized spacial score (nSPS) is 10.1. The van der Waals surface area contributed by atoms with Gasteiger partial charge in [-0.15, -0.1) is 0 Å². The average molecular weight is 196 g/mol. The number of rotatable bonds is 5.